The molecule has 0 aromatic heterocycles. The van der Waals surface area contributed by atoms with Gasteiger partial charge < -0.3 is 10.4 Å². The molecule has 0 amide bonds. The first-order chi connectivity index (χ1) is 8.71. The zero-order chi connectivity index (χ0) is 14.6. The van der Waals surface area contributed by atoms with Crippen molar-refractivity contribution in [2.45, 2.75) is 13.1 Å². The molecule has 0 fully saturated rings. The third-order valence-electron chi connectivity index (χ3n) is 2.32. The number of hydrogen-bond acceptors (Lipinski definition) is 2. The number of carboxylic acids is 1. The van der Waals surface area contributed by atoms with Gasteiger partial charge in [-0.1, -0.05) is 6.08 Å². The summed E-state index contributed by atoms with van der Waals surface area (Å²) in [5, 5.41) is 11.1. The van der Waals surface area contributed by atoms with Gasteiger partial charge in [0.25, 0.3) is 0 Å². The molecule has 0 unspecified atom stereocenters. The van der Waals surface area contributed by atoms with Crippen LogP contribution in [0.2, 0.25) is 0 Å². The van der Waals surface area contributed by atoms with Crippen LogP contribution in [0, 0.1) is 5.82 Å². The van der Waals surface area contributed by atoms with E-state index in [1.54, 1.807) is 0 Å². The number of rotatable bonds is 4. The molecule has 0 aliphatic heterocycles. The maximum absolute atomic E-state index is 13.0. The zero-order valence-corrected chi connectivity index (χ0v) is 9.88. The van der Waals surface area contributed by atoms with Crippen molar-refractivity contribution in [3.8, 4) is 0 Å². The summed E-state index contributed by atoms with van der Waals surface area (Å²) in [5.41, 5.74) is -1.25. The van der Waals surface area contributed by atoms with Crippen molar-refractivity contribution >= 4 is 11.7 Å². The van der Waals surface area contributed by atoms with Crippen molar-refractivity contribution < 1.29 is 27.5 Å². The molecular weight excluding hydrogens is 266 g/mol. The summed E-state index contributed by atoms with van der Waals surface area (Å²) >= 11 is 0. The molecule has 0 saturated heterocycles. The predicted octanol–water partition coefficient (Wildman–Crippen LogP) is 3.29. The summed E-state index contributed by atoms with van der Waals surface area (Å²) in [6.07, 6.45) is -3.46. The van der Waals surface area contributed by atoms with Crippen molar-refractivity contribution in [1.29, 1.82) is 0 Å². The van der Waals surface area contributed by atoms with Gasteiger partial charge in [0, 0.05) is 17.8 Å². The van der Waals surface area contributed by atoms with Gasteiger partial charge in [0.1, 0.15) is 5.82 Å². The number of aliphatic carboxylic acids is 1. The van der Waals surface area contributed by atoms with Crippen molar-refractivity contribution in [3.63, 3.8) is 0 Å². The molecule has 0 atom stereocenters. The average molecular weight is 277 g/mol. The first kappa shape index (κ1) is 15.0. The lowest BCUT2D eigenvalue weighted by Crippen LogP contribution is -2.10. The fraction of sp³-hybridized carbons (Fsp3) is 0.250. The summed E-state index contributed by atoms with van der Waals surface area (Å²) in [5.74, 6) is -2.47. The summed E-state index contributed by atoms with van der Waals surface area (Å²) in [6.45, 7) is 1.39. The van der Waals surface area contributed by atoms with Crippen LogP contribution in [0.5, 0.6) is 0 Å². The van der Waals surface area contributed by atoms with E-state index < -0.39 is 23.5 Å². The Labute approximate surface area is 106 Å². The third kappa shape index (κ3) is 4.27. The number of carboxylic acid groups (broad SMARTS) is 1. The van der Waals surface area contributed by atoms with Gasteiger partial charge in [-0.05, 0) is 25.1 Å². The largest absolute Gasteiger partial charge is 0.478 e. The van der Waals surface area contributed by atoms with E-state index in [0.29, 0.717) is 12.1 Å². The summed E-state index contributed by atoms with van der Waals surface area (Å²) in [6, 6.07) is 2.49. The molecular formula is C12H11F4NO2. The smallest absolute Gasteiger partial charge is 0.419 e. The van der Waals surface area contributed by atoms with Crippen LogP contribution in [0.3, 0.4) is 0 Å². The van der Waals surface area contributed by atoms with Gasteiger partial charge in [-0.3, -0.25) is 0 Å². The van der Waals surface area contributed by atoms with Crippen LogP contribution in [0.15, 0.2) is 29.8 Å². The molecule has 7 heteroatoms. The van der Waals surface area contributed by atoms with Crippen molar-refractivity contribution in [3.05, 3.63) is 41.2 Å². The number of nitrogens with one attached hydrogen (secondary N) is 1. The number of anilines is 1. The Hall–Kier alpha value is -2.05. The Morgan fingerprint density at radius 3 is 2.58 bits per heavy atom. The van der Waals surface area contributed by atoms with Gasteiger partial charge >= 0.3 is 12.1 Å². The molecule has 0 spiro atoms. The van der Waals surface area contributed by atoms with Crippen LogP contribution in [-0.4, -0.2) is 17.6 Å². The molecule has 2 N–H and O–H groups in total. The van der Waals surface area contributed by atoms with Gasteiger partial charge in [0.15, 0.2) is 0 Å². The molecule has 1 rings (SSSR count). The Morgan fingerprint density at radius 1 is 1.42 bits per heavy atom. The molecule has 1 aromatic carbocycles. The van der Waals surface area contributed by atoms with E-state index >= 15 is 0 Å². The first-order valence-electron chi connectivity index (χ1n) is 5.22. The molecule has 0 aliphatic carbocycles. The lowest BCUT2D eigenvalue weighted by Gasteiger charge is -2.10. The van der Waals surface area contributed by atoms with Crippen molar-refractivity contribution in [1.82, 2.24) is 0 Å². The lowest BCUT2D eigenvalue weighted by atomic mass is 10.2. The van der Waals surface area contributed by atoms with Gasteiger partial charge in [-0.2, -0.15) is 13.2 Å². The fourth-order valence-corrected chi connectivity index (χ4v) is 1.26. The van der Waals surface area contributed by atoms with Crippen LogP contribution in [0.1, 0.15) is 12.5 Å². The second kappa shape index (κ2) is 5.73. The summed E-state index contributed by atoms with van der Waals surface area (Å²) in [4.78, 5) is 10.5. The molecule has 104 valence electrons. The normalized spacial score (nSPS) is 12.4. The first-order valence-corrected chi connectivity index (χ1v) is 5.22. The lowest BCUT2D eigenvalue weighted by molar-refractivity contribution is -0.140. The highest BCUT2D eigenvalue weighted by Crippen LogP contribution is 2.32. The van der Waals surface area contributed by atoms with Gasteiger partial charge in [-0.15, -0.1) is 0 Å². The number of hydrogen-bond donors (Lipinski definition) is 2. The van der Waals surface area contributed by atoms with Crippen LogP contribution in [0.4, 0.5) is 23.2 Å². The highest BCUT2D eigenvalue weighted by atomic mass is 19.4. The Balaban J connectivity index is 2.82. The van der Waals surface area contributed by atoms with Crippen molar-refractivity contribution in [2.24, 2.45) is 0 Å². The number of carbonyl (C=O) groups is 1. The van der Waals surface area contributed by atoms with Crippen LogP contribution in [-0.2, 0) is 11.0 Å². The highest BCUT2D eigenvalue weighted by Gasteiger charge is 2.34. The minimum absolute atomic E-state index is 0.0288. The monoisotopic (exact) mass is 277 g/mol. The van der Waals surface area contributed by atoms with Crippen LogP contribution >= 0.6 is 0 Å². The molecule has 19 heavy (non-hydrogen) atoms. The minimum Gasteiger partial charge on any atom is -0.478 e. The van der Waals surface area contributed by atoms with E-state index in [1.165, 1.54) is 13.0 Å². The number of alkyl halides is 3. The van der Waals surface area contributed by atoms with Gasteiger partial charge in [-0.25, -0.2) is 9.18 Å². The van der Waals surface area contributed by atoms with Crippen molar-refractivity contribution in [2.75, 3.05) is 11.9 Å². The number of benzene rings is 1. The van der Waals surface area contributed by atoms with Crippen LogP contribution in [0.25, 0.3) is 0 Å². The van der Waals surface area contributed by atoms with E-state index in [4.69, 9.17) is 5.11 Å². The topological polar surface area (TPSA) is 49.3 Å². The summed E-state index contributed by atoms with van der Waals surface area (Å²) < 4.78 is 50.3. The van der Waals surface area contributed by atoms with E-state index in [1.807, 2.05) is 0 Å². The molecule has 0 saturated carbocycles. The number of halogens is 4. The second-order valence-electron chi connectivity index (χ2n) is 3.77. The predicted molar refractivity (Wildman–Crippen MR) is 61.3 cm³/mol. The molecule has 3 nitrogen and oxygen atoms in total. The van der Waals surface area contributed by atoms with Crippen LogP contribution < -0.4 is 5.32 Å². The summed E-state index contributed by atoms with van der Waals surface area (Å²) in [7, 11) is 0. The minimum atomic E-state index is -4.77. The van der Waals surface area contributed by atoms with Gasteiger partial charge in [0.2, 0.25) is 0 Å². The van der Waals surface area contributed by atoms with E-state index in [2.05, 4.69) is 5.32 Å². The Morgan fingerprint density at radius 2 is 2.05 bits per heavy atom. The quantitative estimate of drug-likeness (QED) is 0.656. The molecule has 0 bridgehead atoms. The zero-order valence-electron chi connectivity index (χ0n) is 9.88. The maximum Gasteiger partial charge on any atom is 0.419 e. The average Bonchev–Trinajstić information content (AvgIpc) is 2.29. The Bertz CT molecular complexity index is 509. The molecule has 0 heterocycles. The van der Waals surface area contributed by atoms with E-state index in [0.717, 1.165) is 6.07 Å². The highest BCUT2D eigenvalue weighted by molar-refractivity contribution is 5.85. The Kier molecular flexibility index (Phi) is 4.52. The standard InChI is InChI=1S/C12H11F4NO2/c1-7(11(18)19)4-5-17-8-2-3-10(13)9(6-8)12(14,15)16/h2-4,6,17H,5H2,1H3,(H,18,19)/b7-4-. The van der Waals surface area contributed by atoms with Gasteiger partial charge in [0.05, 0.1) is 5.56 Å². The fourth-order valence-electron chi connectivity index (χ4n) is 1.26. The molecule has 0 aliphatic rings. The maximum atomic E-state index is 13.0. The van der Waals surface area contributed by atoms with E-state index in [-0.39, 0.29) is 17.8 Å². The third-order valence-corrected chi connectivity index (χ3v) is 2.32. The second-order valence-corrected chi connectivity index (χ2v) is 3.77. The van der Waals surface area contributed by atoms with E-state index in [9.17, 15) is 22.4 Å². The SMILES string of the molecule is C/C(=C/CNc1ccc(F)c(C(F)(F)F)c1)C(=O)O. The molecule has 1 aromatic rings. The molecule has 0 radical (unpaired) electrons.